The predicted octanol–water partition coefficient (Wildman–Crippen LogP) is 7.32. The molecule has 0 aliphatic carbocycles. The van der Waals surface area contributed by atoms with E-state index in [1.54, 1.807) is 0 Å². The number of thiophene rings is 1. The van der Waals surface area contributed by atoms with Crippen LogP contribution in [0.15, 0.2) is 77.3 Å². The third-order valence-corrected chi connectivity index (χ3v) is 6.31. The van der Waals surface area contributed by atoms with Gasteiger partial charge in [-0.25, -0.2) is 0 Å². The van der Waals surface area contributed by atoms with E-state index >= 15 is 0 Å². The van der Waals surface area contributed by atoms with Crippen molar-refractivity contribution < 1.29 is 4.42 Å². The van der Waals surface area contributed by atoms with Crippen molar-refractivity contribution in [1.29, 1.82) is 0 Å². The minimum absolute atomic E-state index is 0.838. The zero-order valence-electron chi connectivity index (χ0n) is 14.7. The Labute approximate surface area is 159 Å². The summed E-state index contributed by atoms with van der Waals surface area (Å²) >= 11 is 1.84. The summed E-state index contributed by atoms with van der Waals surface area (Å²) in [4.78, 5) is 4.72. The van der Waals surface area contributed by atoms with Crippen LogP contribution in [0.3, 0.4) is 0 Å². The molecule has 0 saturated heterocycles. The highest BCUT2D eigenvalue weighted by Gasteiger charge is 2.11. The number of aryl methyl sites for hydroxylation is 1. The van der Waals surface area contributed by atoms with Crippen molar-refractivity contribution in [2.75, 3.05) is 0 Å². The number of benzene rings is 3. The van der Waals surface area contributed by atoms with Gasteiger partial charge in [0.05, 0.1) is 0 Å². The highest BCUT2D eigenvalue weighted by molar-refractivity contribution is 7.25. The average molecular weight is 365 g/mol. The summed E-state index contributed by atoms with van der Waals surface area (Å²) < 4.78 is 8.67. The summed E-state index contributed by atoms with van der Waals surface area (Å²) in [6, 6.07) is 23.6. The van der Waals surface area contributed by atoms with E-state index in [-0.39, 0.29) is 0 Å². The van der Waals surface area contributed by atoms with Crippen molar-refractivity contribution in [1.82, 2.24) is 4.98 Å². The summed E-state index contributed by atoms with van der Waals surface area (Å²) in [6.45, 7) is 2.09. The summed E-state index contributed by atoms with van der Waals surface area (Å²) in [5.74, 6) is 0. The number of fused-ring (bicyclic) bond motifs is 6. The van der Waals surface area contributed by atoms with Crippen molar-refractivity contribution in [2.24, 2.45) is 0 Å². The van der Waals surface area contributed by atoms with Crippen LogP contribution in [0.5, 0.6) is 0 Å². The van der Waals surface area contributed by atoms with Crippen LogP contribution in [0.4, 0.5) is 0 Å². The van der Waals surface area contributed by atoms with Gasteiger partial charge in [-0.15, -0.1) is 11.3 Å². The number of pyridine rings is 1. The first-order valence-corrected chi connectivity index (χ1v) is 9.78. The summed E-state index contributed by atoms with van der Waals surface area (Å²) in [7, 11) is 0. The first kappa shape index (κ1) is 14.9. The Morgan fingerprint density at radius 3 is 2.59 bits per heavy atom. The van der Waals surface area contributed by atoms with E-state index in [0.717, 1.165) is 27.6 Å². The van der Waals surface area contributed by atoms with E-state index in [9.17, 15) is 0 Å². The molecule has 0 fully saturated rings. The molecule has 2 nitrogen and oxygen atoms in total. The number of rotatable bonds is 1. The third kappa shape index (κ3) is 2.22. The molecule has 0 aliphatic rings. The van der Waals surface area contributed by atoms with Crippen molar-refractivity contribution >= 4 is 53.6 Å². The Hall–Kier alpha value is -3.17. The molecule has 6 rings (SSSR count). The molecular weight excluding hydrogens is 350 g/mol. The molecule has 0 atom stereocenters. The van der Waals surface area contributed by atoms with E-state index in [4.69, 9.17) is 9.40 Å². The standard InChI is InChI=1S/C24H15NOS/c1-14-6-9-20-19(10-14)24-21(26-20)11-16(13-25-24)15-7-8-18-17-4-2-3-5-22(17)27-23(18)12-15/h2-13H,1H3. The first-order chi connectivity index (χ1) is 13.3. The SMILES string of the molecule is Cc1ccc2oc3cc(-c4ccc5c(c4)sc4ccccc45)cnc3c2c1. The zero-order valence-corrected chi connectivity index (χ0v) is 15.5. The fourth-order valence-electron chi connectivity index (χ4n) is 3.82. The molecule has 0 aliphatic heterocycles. The maximum atomic E-state index is 6.05. The lowest BCUT2D eigenvalue weighted by atomic mass is 10.0. The van der Waals surface area contributed by atoms with Gasteiger partial charge in [0, 0.05) is 37.3 Å². The second-order valence-corrected chi connectivity index (χ2v) is 8.07. The maximum absolute atomic E-state index is 6.05. The summed E-state index contributed by atoms with van der Waals surface area (Å²) in [5, 5.41) is 3.72. The lowest BCUT2D eigenvalue weighted by Crippen LogP contribution is -1.81. The topological polar surface area (TPSA) is 26.0 Å². The van der Waals surface area contributed by atoms with Gasteiger partial charge in [0.1, 0.15) is 11.1 Å². The Kier molecular flexibility index (Phi) is 3.00. The molecule has 0 radical (unpaired) electrons. The van der Waals surface area contributed by atoms with Gasteiger partial charge in [0.2, 0.25) is 0 Å². The fraction of sp³-hybridized carbons (Fsp3) is 0.0417. The van der Waals surface area contributed by atoms with E-state index in [1.165, 1.54) is 31.3 Å². The Morgan fingerprint density at radius 1 is 0.741 bits per heavy atom. The molecule has 3 aromatic carbocycles. The second-order valence-electron chi connectivity index (χ2n) is 6.98. The summed E-state index contributed by atoms with van der Waals surface area (Å²) in [6.07, 6.45) is 1.95. The van der Waals surface area contributed by atoms with Gasteiger partial charge in [0.15, 0.2) is 5.58 Å². The van der Waals surface area contributed by atoms with Crippen molar-refractivity contribution in [3.05, 3.63) is 78.5 Å². The van der Waals surface area contributed by atoms with Gasteiger partial charge < -0.3 is 4.42 Å². The lowest BCUT2D eigenvalue weighted by molar-refractivity contribution is 0.668. The molecule has 3 aromatic heterocycles. The van der Waals surface area contributed by atoms with E-state index in [0.29, 0.717) is 0 Å². The molecular formula is C24H15NOS. The van der Waals surface area contributed by atoms with Crippen LogP contribution < -0.4 is 0 Å². The fourth-order valence-corrected chi connectivity index (χ4v) is 4.97. The molecule has 0 amide bonds. The van der Waals surface area contributed by atoms with Crippen LogP contribution in [0.2, 0.25) is 0 Å². The van der Waals surface area contributed by atoms with Crippen LogP contribution in [-0.2, 0) is 0 Å². The van der Waals surface area contributed by atoms with Gasteiger partial charge in [-0.05, 0) is 42.8 Å². The highest BCUT2D eigenvalue weighted by atomic mass is 32.1. The van der Waals surface area contributed by atoms with E-state index in [2.05, 4.69) is 67.6 Å². The molecule has 0 saturated carbocycles. The van der Waals surface area contributed by atoms with Crippen LogP contribution in [0.25, 0.3) is 53.4 Å². The molecule has 0 spiro atoms. The van der Waals surface area contributed by atoms with Gasteiger partial charge >= 0.3 is 0 Å². The minimum Gasteiger partial charge on any atom is -0.454 e. The molecule has 3 heteroatoms. The Balaban J connectivity index is 1.55. The van der Waals surface area contributed by atoms with Gasteiger partial charge in [-0.2, -0.15) is 0 Å². The summed E-state index contributed by atoms with van der Waals surface area (Å²) in [5.41, 5.74) is 6.12. The van der Waals surface area contributed by atoms with Crippen molar-refractivity contribution in [2.45, 2.75) is 6.92 Å². The largest absolute Gasteiger partial charge is 0.454 e. The second kappa shape index (κ2) is 5.41. The molecule has 0 unspecified atom stereocenters. The highest BCUT2D eigenvalue weighted by Crippen LogP contribution is 2.37. The number of nitrogens with zero attached hydrogens (tertiary/aromatic N) is 1. The zero-order chi connectivity index (χ0) is 18.0. The molecule has 27 heavy (non-hydrogen) atoms. The lowest BCUT2D eigenvalue weighted by Gasteiger charge is -2.02. The molecule has 3 heterocycles. The molecule has 128 valence electrons. The Morgan fingerprint density at radius 2 is 1.63 bits per heavy atom. The van der Waals surface area contributed by atoms with Crippen molar-refractivity contribution in [3.63, 3.8) is 0 Å². The first-order valence-electron chi connectivity index (χ1n) is 8.97. The smallest absolute Gasteiger partial charge is 0.154 e. The molecule has 0 bridgehead atoms. The molecule has 6 aromatic rings. The normalized spacial score (nSPS) is 11.9. The van der Waals surface area contributed by atoms with Crippen LogP contribution >= 0.6 is 11.3 Å². The Bertz CT molecular complexity index is 1490. The number of aromatic nitrogens is 1. The van der Waals surface area contributed by atoms with Crippen LogP contribution in [-0.4, -0.2) is 4.98 Å². The predicted molar refractivity (Wildman–Crippen MR) is 115 cm³/mol. The van der Waals surface area contributed by atoms with E-state index < -0.39 is 0 Å². The third-order valence-electron chi connectivity index (χ3n) is 5.17. The minimum atomic E-state index is 0.838. The van der Waals surface area contributed by atoms with Crippen LogP contribution in [0.1, 0.15) is 5.56 Å². The number of hydrogen-bond donors (Lipinski definition) is 0. The number of hydrogen-bond acceptors (Lipinski definition) is 3. The van der Waals surface area contributed by atoms with Gasteiger partial charge in [0.25, 0.3) is 0 Å². The van der Waals surface area contributed by atoms with Crippen LogP contribution in [0, 0.1) is 6.92 Å². The molecule has 0 N–H and O–H groups in total. The van der Waals surface area contributed by atoms with E-state index in [1.807, 2.05) is 23.6 Å². The van der Waals surface area contributed by atoms with Gasteiger partial charge in [-0.1, -0.05) is 42.0 Å². The quantitative estimate of drug-likeness (QED) is 0.305. The number of furan rings is 1. The monoisotopic (exact) mass is 365 g/mol. The maximum Gasteiger partial charge on any atom is 0.154 e. The van der Waals surface area contributed by atoms with Gasteiger partial charge in [-0.3, -0.25) is 4.98 Å². The van der Waals surface area contributed by atoms with Crippen molar-refractivity contribution in [3.8, 4) is 11.1 Å². The average Bonchev–Trinajstić information content (AvgIpc) is 3.24.